The Labute approximate surface area is 116 Å². The van der Waals surface area contributed by atoms with Gasteiger partial charge in [0.1, 0.15) is 5.82 Å². The van der Waals surface area contributed by atoms with Crippen molar-refractivity contribution in [1.82, 2.24) is 15.3 Å². The number of rotatable bonds is 4. The third kappa shape index (κ3) is 2.98. The van der Waals surface area contributed by atoms with Crippen LogP contribution in [0.3, 0.4) is 0 Å². The molecule has 1 saturated carbocycles. The third-order valence-electron chi connectivity index (χ3n) is 3.97. The molecule has 108 valence electrons. The van der Waals surface area contributed by atoms with Crippen LogP contribution in [-0.4, -0.2) is 22.6 Å². The molecule has 3 rings (SSSR count). The maximum absolute atomic E-state index is 13.1. The van der Waals surface area contributed by atoms with Crippen molar-refractivity contribution < 1.29 is 8.78 Å². The maximum atomic E-state index is 13.1. The van der Waals surface area contributed by atoms with Crippen molar-refractivity contribution in [3.63, 3.8) is 0 Å². The summed E-state index contributed by atoms with van der Waals surface area (Å²) in [6.07, 6.45) is 7.20. The van der Waals surface area contributed by atoms with Gasteiger partial charge < -0.3 is 10.3 Å². The SMILES string of the molecule is Fc1cc2nc(CCNC3CCCCC3)[nH]c2cc1F. The highest BCUT2D eigenvalue weighted by Gasteiger charge is 2.13. The molecular weight excluding hydrogens is 260 g/mol. The van der Waals surface area contributed by atoms with Gasteiger partial charge in [-0.15, -0.1) is 0 Å². The topological polar surface area (TPSA) is 40.7 Å². The van der Waals surface area contributed by atoms with Crippen molar-refractivity contribution in [3.8, 4) is 0 Å². The van der Waals surface area contributed by atoms with Crippen LogP contribution in [-0.2, 0) is 6.42 Å². The van der Waals surface area contributed by atoms with Crippen LogP contribution in [0.15, 0.2) is 12.1 Å². The third-order valence-corrected chi connectivity index (χ3v) is 3.97. The van der Waals surface area contributed by atoms with Gasteiger partial charge in [-0.05, 0) is 12.8 Å². The van der Waals surface area contributed by atoms with Crippen molar-refractivity contribution in [2.24, 2.45) is 0 Å². The zero-order valence-electron chi connectivity index (χ0n) is 11.4. The number of halogens is 2. The molecule has 20 heavy (non-hydrogen) atoms. The van der Waals surface area contributed by atoms with Crippen molar-refractivity contribution in [2.75, 3.05) is 6.54 Å². The number of aromatic nitrogens is 2. The molecule has 0 saturated heterocycles. The number of fused-ring (bicyclic) bond motifs is 1. The molecule has 0 bridgehead atoms. The standard InChI is InChI=1S/C15H19F2N3/c16-11-8-13-14(9-12(11)17)20-15(19-13)6-7-18-10-4-2-1-3-5-10/h8-10,18H,1-7H2,(H,19,20). The van der Waals surface area contributed by atoms with E-state index >= 15 is 0 Å². The summed E-state index contributed by atoms with van der Waals surface area (Å²) in [5, 5.41) is 3.53. The summed E-state index contributed by atoms with van der Waals surface area (Å²) in [4.78, 5) is 7.34. The molecule has 3 nitrogen and oxygen atoms in total. The van der Waals surface area contributed by atoms with Crippen molar-refractivity contribution in [3.05, 3.63) is 29.6 Å². The lowest BCUT2D eigenvalue weighted by molar-refractivity contribution is 0.375. The molecule has 0 amide bonds. The lowest BCUT2D eigenvalue weighted by atomic mass is 9.95. The molecular formula is C15H19F2N3. The second-order valence-corrected chi connectivity index (χ2v) is 5.51. The summed E-state index contributed by atoms with van der Waals surface area (Å²) in [5.74, 6) is -0.919. The van der Waals surface area contributed by atoms with Gasteiger partial charge in [-0.1, -0.05) is 19.3 Å². The van der Waals surface area contributed by atoms with E-state index in [9.17, 15) is 8.78 Å². The fourth-order valence-electron chi connectivity index (χ4n) is 2.88. The van der Waals surface area contributed by atoms with Gasteiger partial charge in [-0.2, -0.15) is 0 Å². The van der Waals surface area contributed by atoms with Crippen LogP contribution in [0.4, 0.5) is 8.78 Å². The molecule has 2 N–H and O–H groups in total. The summed E-state index contributed by atoms with van der Waals surface area (Å²) >= 11 is 0. The maximum Gasteiger partial charge on any atom is 0.161 e. The summed E-state index contributed by atoms with van der Waals surface area (Å²) in [6.45, 7) is 0.843. The van der Waals surface area contributed by atoms with Gasteiger partial charge in [0.2, 0.25) is 0 Å². The Morgan fingerprint density at radius 2 is 1.90 bits per heavy atom. The Morgan fingerprint density at radius 1 is 1.15 bits per heavy atom. The average Bonchev–Trinajstić information content (AvgIpc) is 2.82. The molecule has 0 radical (unpaired) electrons. The van der Waals surface area contributed by atoms with E-state index < -0.39 is 11.6 Å². The highest BCUT2D eigenvalue weighted by molar-refractivity contribution is 5.75. The van der Waals surface area contributed by atoms with Gasteiger partial charge in [0.05, 0.1) is 11.0 Å². The minimum absolute atomic E-state index is 0.483. The molecule has 1 heterocycles. The molecule has 0 unspecified atom stereocenters. The number of nitrogens with one attached hydrogen (secondary N) is 2. The molecule has 0 atom stereocenters. The predicted octanol–water partition coefficient (Wildman–Crippen LogP) is 3.31. The van der Waals surface area contributed by atoms with Gasteiger partial charge in [0.25, 0.3) is 0 Å². The van der Waals surface area contributed by atoms with Crippen LogP contribution in [0.25, 0.3) is 11.0 Å². The monoisotopic (exact) mass is 279 g/mol. The minimum Gasteiger partial charge on any atom is -0.342 e. The lowest BCUT2D eigenvalue weighted by Crippen LogP contribution is -2.32. The second-order valence-electron chi connectivity index (χ2n) is 5.51. The van der Waals surface area contributed by atoms with Crippen LogP contribution in [0.5, 0.6) is 0 Å². The zero-order valence-corrected chi connectivity index (χ0v) is 11.4. The first kappa shape index (κ1) is 13.5. The number of hydrogen-bond donors (Lipinski definition) is 2. The van der Waals surface area contributed by atoms with E-state index in [2.05, 4.69) is 15.3 Å². The normalized spacial score (nSPS) is 16.9. The number of benzene rings is 1. The van der Waals surface area contributed by atoms with Crippen molar-refractivity contribution in [1.29, 1.82) is 0 Å². The van der Waals surface area contributed by atoms with E-state index in [0.717, 1.165) is 30.9 Å². The first-order valence-electron chi connectivity index (χ1n) is 7.29. The Morgan fingerprint density at radius 3 is 2.70 bits per heavy atom. The quantitative estimate of drug-likeness (QED) is 0.901. The molecule has 1 aliphatic carbocycles. The molecule has 2 aromatic rings. The molecule has 0 aliphatic heterocycles. The Hall–Kier alpha value is -1.49. The first-order chi connectivity index (χ1) is 9.72. The average molecular weight is 279 g/mol. The highest BCUT2D eigenvalue weighted by Crippen LogP contribution is 2.18. The van der Waals surface area contributed by atoms with Gasteiger partial charge in [-0.25, -0.2) is 13.8 Å². The Balaban J connectivity index is 1.60. The van der Waals surface area contributed by atoms with E-state index in [1.165, 1.54) is 32.1 Å². The summed E-state index contributed by atoms with van der Waals surface area (Å²) in [5.41, 5.74) is 1.04. The Bertz CT molecular complexity index is 549. The van der Waals surface area contributed by atoms with Crippen LogP contribution < -0.4 is 5.32 Å². The van der Waals surface area contributed by atoms with Crippen LogP contribution in [0.1, 0.15) is 37.9 Å². The van der Waals surface area contributed by atoms with Gasteiger partial charge in [-0.3, -0.25) is 0 Å². The van der Waals surface area contributed by atoms with Crippen molar-refractivity contribution in [2.45, 2.75) is 44.6 Å². The van der Waals surface area contributed by atoms with E-state index in [1.807, 2.05) is 0 Å². The summed E-state index contributed by atoms with van der Waals surface area (Å²) in [6, 6.07) is 2.91. The smallest absolute Gasteiger partial charge is 0.161 e. The van der Waals surface area contributed by atoms with E-state index in [4.69, 9.17) is 0 Å². The molecule has 1 aliphatic rings. The molecule has 1 aromatic heterocycles. The fraction of sp³-hybridized carbons (Fsp3) is 0.533. The number of aromatic amines is 1. The number of nitrogens with zero attached hydrogens (tertiary/aromatic N) is 1. The molecule has 1 fully saturated rings. The van der Waals surface area contributed by atoms with E-state index in [0.29, 0.717) is 17.1 Å². The second kappa shape index (κ2) is 5.87. The van der Waals surface area contributed by atoms with E-state index in [1.54, 1.807) is 0 Å². The van der Waals surface area contributed by atoms with Crippen LogP contribution in [0.2, 0.25) is 0 Å². The zero-order chi connectivity index (χ0) is 13.9. The first-order valence-corrected chi connectivity index (χ1v) is 7.29. The van der Waals surface area contributed by atoms with Crippen LogP contribution >= 0.6 is 0 Å². The largest absolute Gasteiger partial charge is 0.342 e. The minimum atomic E-state index is -0.851. The summed E-state index contributed by atoms with van der Waals surface area (Å²) in [7, 11) is 0. The van der Waals surface area contributed by atoms with E-state index in [-0.39, 0.29) is 0 Å². The lowest BCUT2D eigenvalue weighted by Gasteiger charge is -2.22. The number of H-pyrrole nitrogens is 1. The number of imidazole rings is 1. The van der Waals surface area contributed by atoms with Gasteiger partial charge >= 0.3 is 0 Å². The van der Waals surface area contributed by atoms with Crippen molar-refractivity contribution >= 4 is 11.0 Å². The molecule has 0 spiro atoms. The highest BCUT2D eigenvalue weighted by atomic mass is 19.2. The fourth-order valence-corrected chi connectivity index (χ4v) is 2.88. The van der Waals surface area contributed by atoms with Gasteiger partial charge in [0.15, 0.2) is 11.6 Å². The predicted molar refractivity (Wildman–Crippen MR) is 74.6 cm³/mol. The molecule has 5 heteroatoms. The van der Waals surface area contributed by atoms with Gasteiger partial charge in [0, 0.05) is 31.1 Å². The van der Waals surface area contributed by atoms with Crippen LogP contribution in [0, 0.1) is 11.6 Å². The molecule has 1 aromatic carbocycles. The Kier molecular flexibility index (Phi) is 3.96. The summed E-state index contributed by atoms with van der Waals surface area (Å²) < 4.78 is 26.2. The number of hydrogen-bond acceptors (Lipinski definition) is 2.